The first-order valence-corrected chi connectivity index (χ1v) is 7.41. The van der Waals surface area contributed by atoms with Gasteiger partial charge in [-0.25, -0.2) is 9.37 Å². The van der Waals surface area contributed by atoms with E-state index in [1.54, 1.807) is 34.6 Å². The van der Waals surface area contributed by atoms with Gasteiger partial charge in [-0.15, -0.1) is 11.3 Å². The summed E-state index contributed by atoms with van der Waals surface area (Å²) in [7, 11) is 0. The zero-order valence-electron chi connectivity index (χ0n) is 11.5. The average Bonchev–Trinajstić information content (AvgIpc) is 2.91. The van der Waals surface area contributed by atoms with E-state index in [4.69, 9.17) is 0 Å². The van der Waals surface area contributed by atoms with E-state index in [9.17, 15) is 9.18 Å². The van der Waals surface area contributed by atoms with Crippen LogP contribution in [0, 0.1) is 5.82 Å². The van der Waals surface area contributed by atoms with Crippen LogP contribution in [0.1, 0.15) is 29.2 Å². The molecule has 5 heteroatoms. The minimum absolute atomic E-state index is 0.0609. The van der Waals surface area contributed by atoms with E-state index in [1.807, 2.05) is 19.2 Å². The zero-order chi connectivity index (χ0) is 14.5. The van der Waals surface area contributed by atoms with Crippen molar-refractivity contribution in [2.45, 2.75) is 26.3 Å². The number of amides is 1. The molecule has 3 nitrogen and oxygen atoms in total. The lowest BCUT2D eigenvalue weighted by molar-refractivity contribution is 0.0707. The van der Waals surface area contributed by atoms with Crippen molar-refractivity contribution >= 4 is 17.2 Å². The van der Waals surface area contributed by atoms with Crippen LogP contribution < -0.4 is 0 Å². The van der Waals surface area contributed by atoms with Crippen LogP contribution in [-0.4, -0.2) is 28.4 Å². The Morgan fingerprint density at radius 1 is 1.45 bits per heavy atom. The minimum Gasteiger partial charge on any atom is -0.336 e. The first-order chi connectivity index (χ1) is 9.58. The van der Waals surface area contributed by atoms with E-state index in [0.29, 0.717) is 12.1 Å². The second-order valence-electron chi connectivity index (χ2n) is 4.78. The fourth-order valence-corrected chi connectivity index (χ4v) is 2.58. The fourth-order valence-electron chi connectivity index (χ4n) is 1.97. The van der Waals surface area contributed by atoms with Crippen molar-refractivity contribution in [1.29, 1.82) is 0 Å². The van der Waals surface area contributed by atoms with Crippen LogP contribution in [0.15, 0.2) is 35.8 Å². The molecule has 0 saturated carbocycles. The Labute approximate surface area is 122 Å². The Balaban J connectivity index is 2.09. The Bertz CT molecular complexity index is 569. The lowest BCUT2D eigenvalue weighted by Gasteiger charge is -2.26. The van der Waals surface area contributed by atoms with Gasteiger partial charge in [0.25, 0.3) is 5.91 Å². The van der Waals surface area contributed by atoms with Crippen molar-refractivity contribution in [3.63, 3.8) is 0 Å². The Kier molecular flexibility index (Phi) is 4.84. The number of benzene rings is 1. The Hall–Kier alpha value is -1.75. The highest BCUT2D eigenvalue weighted by molar-refractivity contribution is 7.09. The molecule has 1 amide bonds. The standard InChI is InChI=1S/C15H17FN2OS/c1-11(2)18(8-6-14-17-7-9-20-14)15(19)12-4-3-5-13(16)10-12/h3-5,7,9-11H,6,8H2,1-2H3. The molecular formula is C15H17FN2OS. The predicted molar refractivity (Wildman–Crippen MR) is 78.4 cm³/mol. The highest BCUT2D eigenvalue weighted by Crippen LogP contribution is 2.12. The van der Waals surface area contributed by atoms with Crippen molar-refractivity contribution in [1.82, 2.24) is 9.88 Å². The number of rotatable bonds is 5. The van der Waals surface area contributed by atoms with Gasteiger partial charge in [0.2, 0.25) is 0 Å². The lowest BCUT2D eigenvalue weighted by atomic mass is 10.1. The van der Waals surface area contributed by atoms with Gasteiger partial charge in [-0.3, -0.25) is 4.79 Å². The van der Waals surface area contributed by atoms with E-state index in [1.165, 1.54) is 12.1 Å². The third-order valence-electron chi connectivity index (χ3n) is 3.01. The van der Waals surface area contributed by atoms with Gasteiger partial charge in [0.15, 0.2) is 0 Å². The van der Waals surface area contributed by atoms with Gasteiger partial charge < -0.3 is 4.90 Å². The summed E-state index contributed by atoms with van der Waals surface area (Å²) in [5.74, 6) is -0.532. The van der Waals surface area contributed by atoms with Crippen LogP contribution >= 0.6 is 11.3 Å². The molecule has 0 atom stereocenters. The fraction of sp³-hybridized carbons (Fsp3) is 0.333. The SMILES string of the molecule is CC(C)N(CCc1nccs1)C(=O)c1cccc(F)c1. The number of halogens is 1. The smallest absolute Gasteiger partial charge is 0.254 e. The van der Waals surface area contributed by atoms with Gasteiger partial charge in [0.05, 0.1) is 5.01 Å². The molecule has 1 heterocycles. The normalized spacial score (nSPS) is 10.8. The number of carbonyl (C=O) groups is 1. The van der Waals surface area contributed by atoms with Crippen molar-refractivity contribution in [2.24, 2.45) is 0 Å². The van der Waals surface area contributed by atoms with E-state index >= 15 is 0 Å². The number of carbonyl (C=O) groups excluding carboxylic acids is 1. The predicted octanol–water partition coefficient (Wildman–Crippen LogP) is 3.38. The molecule has 0 radical (unpaired) electrons. The Morgan fingerprint density at radius 2 is 2.25 bits per heavy atom. The second-order valence-corrected chi connectivity index (χ2v) is 5.76. The van der Waals surface area contributed by atoms with Gasteiger partial charge in [-0.05, 0) is 32.0 Å². The summed E-state index contributed by atoms with van der Waals surface area (Å²) in [6.45, 7) is 4.50. The van der Waals surface area contributed by atoms with Crippen molar-refractivity contribution in [2.75, 3.05) is 6.54 Å². The molecule has 0 saturated heterocycles. The summed E-state index contributed by atoms with van der Waals surface area (Å²) in [6, 6.07) is 5.88. The summed E-state index contributed by atoms with van der Waals surface area (Å²) in [6.07, 6.45) is 2.48. The summed E-state index contributed by atoms with van der Waals surface area (Å²) in [5.41, 5.74) is 0.387. The number of nitrogens with zero attached hydrogens (tertiary/aromatic N) is 2. The van der Waals surface area contributed by atoms with E-state index < -0.39 is 0 Å². The van der Waals surface area contributed by atoms with Gasteiger partial charge in [-0.2, -0.15) is 0 Å². The Morgan fingerprint density at radius 3 is 2.85 bits per heavy atom. The number of aromatic nitrogens is 1. The van der Waals surface area contributed by atoms with Gasteiger partial charge >= 0.3 is 0 Å². The van der Waals surface area contributed by atoms with Crippen LogP contribution in [0.5, 0.6) is 0 Å². The molecule has 0 aliphatic carbocycles. The van der Waals surface area contributed by atoms with Crippen LogP contribution in [0.25, 0.3) is 0 Å². The molecule has 0 N–H and O–H groups in total. The average molecular weight is 292 g/mol. The molecule has 1 aromatic heterocycles. The molecule has 0 fully saturated rings. The third kappa shape index (κ3) is 3.63. The maximum Gasteiger partial charge on any atom is 0.254 e. The molecule has 0 aliphatic heterocycles. The lowest BCUT2D eigenvalue weighted by Crippen LogP contribution is -2.38. The molecule has 0 aliphatic rings. The van der Waals surface area contributed by atoms with Crippen molar-refractivity contribution < 1.29 is 9.18 Å². The number of hydrogen-bond donors (Lipinski definition) is 0. The highest BCUT2D eigenvalue weighted by atomic mass is 32.1. The van der Waals surface area contributed by atoms with Crippen LogP contribution in [-0.2, 0) is 6.42 Å². The summed E-state index contributed by atoms with van der Waals surface area (Å²) < 4.78 is 13.2. The maximum absolute atomic E-state index is 13.2. The molecule has 106 valence electrons. The van der Waals surface area contributed by atoms with Gasteiger partial charge in [0.1, 0.15) is 5.82 Å². The maximum atomic E-state index is 13.2. The topological polar surface area (TPSA) is 33.2 Å². The molecule has 2 rings (SSSR count). The largest absolute Gasteiger partial charge is 0.336 e. The summed E-state index contributed by atoms with van der Waals surface area (Å²) in [4.78, 5) is 18.4. The van der Waals surface area contributed by atoms with Crippen molar-refractivity contribution in [3.8, 4) is 0 Å². The molecule has 2 aromatic rings. The zero-order valence-corrected chi connectivity index (χ0v) is 12.4. The third-order valence-corrected chi connectivity index (χ3v) is 3.85. The first-order valence-electron chi connectivity index (χ1n) is 6.53. The van der Waals surface area contributed by atoms with Gasteiger partial charge in [0, 0.05) is 36.1 Å². The molecular weight excluding hydrogens is 275 g/mol. The first kappa shape index (κ1) is 14.7. The molecule has 0 spiro atoms. The van der Waals surface area contributed by atoms with Crippen LogP contribution in [0.2, 0.25) is 0 Å². The quantitative estimate of drug-likeness (QED) is 0.846. The molecule has 20 heavy (non-hydrogen) atoms. The van der Waals surface area contributed by atoms with E-state index in [-0.39, 0.29) is 17.8 Å². The van der Waals surface area contributed by atoms with Gasteiger partial charge in [-0.1, -0.05) is 6.07 Å². The van der Waals surface area contributed by atoms with E-state index in [0.717, 1.165) is 11.4 Å². The highest BCUT2D eigenvalue weighted by Gasteiger charge is 2.19. The summed E-state index contributed by atoms with van der Waals surface area (Å²) >= 11 is 1.58. The summed E-state index contributed by atoms with van der Waals surface area (Å²) in [5, 5.41) is 2.92. The van der Waals surface area contributed by atoms with E-state index in [2.05, 4.69) is 4.98 Å². The molecule has 1 aromatic carbocycles. The minimum atomic E-state index is -0.389. The number of hydrogen-bond acceptors (Lipinski definition) is 3. The monoisotopic (exact) mass is 292 g/mol. The van der Waals surface area contributed by atoms with Crippen LogP contribution in [0.4, 0.5) is 4.39 Å². The molecule has 0 bridgehead atoms. The number of thiazole rings is 1. The van der Waals surface area contributed by atoms with Crippen molar-refractivity contribution in [3.05, 3.63) is 52.2 Å². The second kappa shape index (κ2) is 6.61. The van der Waals surface area contributed by atoms with Crippen LogP contribution in [0.3, 0.4) is 0 Å². The molecule has 0 unspecified atom stereocenters.